The topological polar surface area (TPSA) is 55.4 Å². The van der Waals surface area contributed by atoms with Crippen molar-refractivity contribution < 1.29 is 14.3 Å². The van der Waals surface area contributed by atoms with Crippen LogP contribution in [-0.2, 0) is 14.3 Å². The minimum Gasteiger partial charge on any atom is -0.364 e. The fourth-order valence-electron chi connectivity index (χ4n) is 0.907. The first kappa shape index (κ1) is 15.1. The van der Waals surface area contributed by atoms with Crippen molar-refractivity contribution in [2.75, 3.05) is 13.2 Å². The fraction of sp³-hybridized carbons (Fsp3) is 0.833. The monoisotopic (exact) mass is 229 g/mol. The number of ketones is 1. The highest BCUT2D eigenvalue weighted by Crippen LogP contribution is 2.14. The Morgan fingerprint density at radius 1 is 1.00 bits per heavy atom. The Balaban J connectivity index is 3.84. The molecule has 0 atom stereocenters. The molecule has 0 heterocycles. The molecule has 1 amide bonds. The van der Waals surface area contributed by atoms with Gasteiger partial charge in [0.2, 0.25) is 5.91 Å². The SMILES string of the molecule is CC(C)(C)NC(=O)COCC(=O)C(C)(C)C. The van der Waals surface area contributed by atoms with Gasteiger partial charge in [0.15, 0.2) is 5.78 Å². The molecule has 1 N–H and O–H groups in total. The lowest BCUT2D eigenvalue weighted by atomic mass is 9.91. The molecule has 0 aliphatic carbocycles. The van der Waals surface area contributed by atoms with E-state index in [1.54, 1.807) is 0 Å². The van der Waals surface area contributed by atoms with Gasteiger partial charge in [0.25, 0.3) is 0 Å². The van der Waals surface area contributed by atoms with Crippen LogP contribution in [0.2, 0.25) is 0 Å². The Kier molecular flexibility index (Phi) is 5.13. The number of amides is 1. The van der Waals surface area contributed by atoms with Crippen LogP contribution >= 0.6 is 0 Å². The van der Waals surface area contributed by atoms with Crippen LogP contribution in [0.5, 0.6) is 0 Å². The molecule has 94 valence electrons. The number of carbonyl (C=O) groups is 2. The van der Waals surface area contributed by atoms with Crippen molar-refractivity contribution in [1.82, 2.24) is 5.32 Å². The van der Waals surface area contributed by atoms with Gasteiger partial charge in [-0.2, -0.15) is 0 Å². The summed E-state index contributed by atoms with van der Waals surface area (Å²) in [5.41, 5.74) is -0.686. The van der Waals surface area contributed by atoms with Crippen LogP contribution in [0.25, 0.3) is 0 Å². The van der Waals surface area contributed by atoms with Gasteiger partial charge in [-0.05, 0) is 20.8 Å². The van der Waals surface area contributed by atoms with Crippen LogP contribution in [0, 0.1) is 5.41 Å². The largest absolute Gasteiger partial charge is 0.364 e. The quantitative estimate of drug-likeness (QED) is 0.795. The number of rotatable bonds is 4. The molecule has 4 heteroatoms. The number of Topliss-reactive ketones (excluding diaryl/α,β-unsaturated/α-hetero) is 1. The first-order valence-electron chi connectivity index (χ1n) is 5.44. The van der Waals surface area contributed by atoms with Crippen molar-refractivity contribution in [3.63, 3.8) is 0 Å². The molecule has 4 nitrogen and oxygen atoms in total. The maximum absolute atomic E-state index is 11.5. The number of ether oxygens (including phenoxy) is 1. The highest BCUT2D eigenvalue weighted by molar-refractivity contribution is 5.85. The van der Waals surface area contributed by atoms with E-state index < -0.39 is 5.41 Å². The molecule has 0 saturated heterocycles. The van der Waals surface area contributed by atoms with Crippen LogP contribution < -0.4 is 5.32 Å². The van der Waals surface area contributed by atoms with Crippen LogP contribution in [0.15, 0.2) is 0 Å². The minimum atomic E-state index is -0.416. The summed E-state index contributed by atoms with van der Waals surface area (Å²) in [6.07, 6.45) is 0. The van der Waals surface area contributed by atoms with Crippen LogP contribution in [0.3, 0.4) is 0 Å². The number of hydrogen-bond acceptors (Lipinski definition) is 3. The predicted octanol–water partition coefficient (Wildman–Crippen LogP) is 1.53. The van der Waals surface area contributed by atoms with Gasteiger partial charge in [0.05, 0.1) is 0 Å². The zero-order valence-corrected chi connectivity index (χ0v) is 11.1. The van der Waals surface area contributed by atoms with E-state index in [1.807, 2.05) is 41.5 Å². The Hall–Kier alpha value is -0.900. The summed E-state index contributed by atoms with van der Waals surface area (Å²) >= 11 is 0. The van der Waals surface area contributed by atoms with Crippen molar-refractivity contribution >= 4 is 11.7 Å². The van der Waals surface area contributed by atoms with Crippen molar-refractivity contribution in [3.05, 3.63) is 0 Å². The summed E-state index contributed by atoms with van der Waals surface area (Å²) in [4.78, 5) is 22.8. The van der Waals surface area contributed by atoms with Gasteiger partial charge in [-0.25, -0.2) is 0 Å². The molecule has 0 rings (SSSR count). The van der Waals surface area contributed by atoms with Crippen LogP contribution in [0.4, 0.5) is 0 Å². The second-order valence-corrected chi connectivity index (χ2v) is 5.96. The molecule has 0 bridgehead atoms. The Morgan fingerprint density at radius 2 is 1.50 bits per heavy atom. The molecule has 0 aromatic rings. The zero-order chi connectivity index (χ0) is 13.0. The molecule has 0 fully saturated rings. The Bertz CT molecular complexity index is 258. The second kappa shape index (κ2) is 5.43. The van der Waals surface area contributed by atoms with Gasteiger partial charge < -0.3 is 10.1 Å². The molecule has 0 aliphatic rings. The fourth-order valence-corrected chi connectivity index (χ4v) is 0.907. The first-order valence-corrected chi connectivity index (χ1v) is 5.44. The third kappa shape index (κ3) is 7.40. The molecular formula is C12H23NO3. The average molecular weight is 229 g/mol. The standard InChI is InChI=1S/C12H23NO3/c1-11(2,3)9(14)7-16-8-10(15)13-12(4,5)6/h7-8H2,1-6H3,(H,13,15). The molecule has 0 unspecified atom stereocenters. The Labute approximate surface area is 97.7 Å². The summed E-state index contributed by atoms with van der Waals surface area (Å²) < 4.78 is 5.07. The molecule has 0 aliphatic heterocycles. The van der Waals surface area contributed by atoms with E-state index >= 15 is 0 Å². The van der Waals surface area contributed by atoms with E-state index in [0.717, 1.165) is 0 Å². The van der Waals surface area contributed by atoms with E-state index in [9.17, 15) is 9.59 Å². The van der Waals surface area contributed by atoms with E-state index in [1.165, 1.54) is 0 Å². The molecule has 0 aromatic heterocycles. The van der Waals surface area contributed by atoms with Gasteiger partial charge in [-0.15, -0.1) is 0 Å². The van der Waals surface area contributed by atoms with Crippen LogP contribution in [0.1, 0.15) is 41.5 Å². The summed E-state index contributed by atoms with van der Waals surface area (Å²) in [7, 11) is 0. The van der Waals surface area contributed by atoms with Gasteiger partial charge in [0, 0.05) is 11.0 Å². The molecular weight excluding hydrogens is 206 g/mol. The molecule has 0 spiro atoms. The summed E-state index contributed by atoms with van der Waals surface area (Å²) in [6.45, 7) is 11.1. The molecule has 0 radical (unpaired) electrons. The average Bonchev–Trinajstić information content (AvgIpc) is 1.98. The van der Waals surface area contributed by atoms with E-state index in [0.29, 0.717) is 0 Å². The van der Waals surface area contributed by atoms with E-state index in [2.05, 4.69) is 5.32 Å². The lowest BCUT2D eigenvalue weighted by molar-refractivity contribution is -0.134. The number of carbonyl (C=O) groups excluding carboxylic acids is 2. The van der Waals surface area contributed by atoms with Gasteiger partial charge in [0.1, 0.15) is 13.2 Å². The Morgan fingerprint density at radius 3 is 1.88 bits per heavy atom. The van der Waals surface area contributed by atoms with Crippen molar-refractivity contribution in [2.45, 2.75) is 47.1 Å². The van der Waals surface area contributed by atoms with Gasteiger partial charge in [-0.1, -0.05) is 20.8 Å². The third-order valence-corrected chi connectivity index (χ3v) is 1.82. The zero-order valence-electron chi connectivity index (χ0n) is 11.1. The lowest BCUT2D eigenvalue weighted by Gasteiger charge is -2.21. The minimum absolute atomic E-state index is 0.00365. The normalized spacial score (nSPS) is 12.4. The van der Waals surface area contributed by atoms with Crippen molar-refractivity contribution in [3.8, 4) is 0 Å². The summed E-state index contributed by atoms with van der Waals surface area (Å²) in [6, 6.07) is 0. The second-order valence-electron chi connectivity index (χ2n) is 5.96. The smallest absolute Gasteiger partial charge is 0.246 e. The van der Waals surface area contributed by atoms with Gasteiger partial charge in [-0.3, -0.25) is 9.59 Å². The number of hydrogen-bond donors (Lipinski definition) is 1. The molecule has 0 saturated carbocycles. The molecule has 16 heavy (non-hydrogen) atoms. The van der Waals surface area contributed by atoms with E-state index in [4.69, 9.17) is 4.74 Å². The maximum Gasteiger partial charge on any atom is 0.246 e. The van der Waals surface area contributed by atoms with Crippen molar-refractivity contribution in [2.24, 2.45) is 5.41 Å². The highest BCUT2D eigenvalue weighted by Gasteiger charge is 2.21. The lowest BCUT2D eigenvalue weighted by Crippen LogP contribution is -2.42. The first-order chi connectivity index (χ1) is 7.02. The maximum atomic E-state index is 11.5. The van der Waals surface area contributed by atoms with Crippen molar-refractivity contribution in [1.29, 1.82) is 0 Å². The van der Waals surface area contributed by atoms with Gasteiger partial charge >= 0.3 is 0 Å². The van der Waals surface area contributed by atoms with E-state index in [-0.39, 0.29) is 30.4 Å². The van der Waals surface area contributed by atoms with Crippen LogP contribution in [-0.4, -0.2) is 30.4 Å². The predicted molar refractivity (Wildman–Crippen MR) is 63.2 cm³/mol. The number of nitrogens with one attached hydrogen (secondary N) is 1. The third-order valence-electron chi connectivity index (χ3n) is 1.82. The molecule has 0 aromatic carbocycles. The highest BCUT2D eigenvalue weighted by atomic mass is 16.5. The summed E-state index contributed by atoms with van der Waals surface area (Å²) in [5, 5.41) is 2.76. The summed E-state index contributed by atoms with van der Waals surface area (Å²) in [5.74, 6) is -0.203.